The molecule has 1 aromatic rings. The van der Waals surface area contributed by atoms with Crippen LogP contribution in [-0.4, -0.2) is 7.11 Å². The molecule has 1 aromatic carbocycles. The molecule has 0 aliphatic rings. The number of hydrogen-bond acceptors (Lipinski definition) is 2. The molecule has 0 bridgehead atoms. The fourth-order valence-electron chi connectivity index (χ4n) is 0.804. The van der Waals surface area contributed by atoms with Crippen LogP contribution >= 0.6 is 0 Å². The summed E-state index contributed by atoms with van der Waals surface area (Å²) >= 11 is 0. The normalized spacial score (nSPS) is 8.82. The molecule has 0 saturated carbocycles. The molecular weight excluding hydrogens is 145 g/mol. The van der Waals surface area contributed by atoms with Gasteiger partial charge in [-0.15, -0.1) is 0 Å². The molecule has 0 saturated heterocycles. The van der Waals surface area contributed by atoms with Crippen LogP contribution in [0.4, 0.5) is 4.39 Å². The van der Waals surface area contributed by atoms with Crippen LogP contribution in [0.15, 0.2) is 18.2 Å². The molecule has 0 aliphatic heterocycles. The molecule has 0 unspecified atom stereocenters. The lowest BCUT2D eigenvalue weighted by Crippen LogP contribution is -1.90. The van der Waals surface area contributed by atoms with Gasteiger partial charge in [0.25, 0.3) is 0 Å². The molecule has 0 spiro atoms. The fourth-order valence-corrected chi connectivity index (χ4v) is 0.804. The maximum absolute atomic E-state index is 12.8. The first-order valence-electron chi connectivity index (χ1n) is 3.02. The number of nitrogens with zero attached hydrogens (tertiary/aromatic N) is 1. The zero-order valence-corrected chi connectivity index (χ0v) is 5.97. The Morgan fingerprint density at radius 2 is 2.27 bits per heavy atom. The summed E-state index contributed by atoms with van der Waals surface area (Å²) < 4.78 is 17.4. The highest BCUT2D eigenvalue weighted by molar-refractivity contribution is 5.43. The quantitative estimate of drug-likeness (QED) is 0.612. The van der Waals surface area contributed by atoms with E-state index in [4.69, 9.17) is 5.26 Å². The van der Waals surface area contributed by atoms with Gasteiger partial charge in [0.05, 0.1) is 12.7 Å². The van der Waals surface area contributed by atoms with E-state index < -0.39 is 5.82 Å². The molecule has 0 aliphatic carbocycles. The maximum atomic E-state index is 12.8. The molecule has 0 heterocycles. The van der Waals surface area contributed by atoms with Crippen LogP contribution in [0, 0.1) is 17.1 Å². The average molecular weight is 151 g/mol. The number of halogens is 1. The van der Waals surface area contributed by atoms with E-state index in [2.05, 4.69) is 4.74 Å². The number of benzene rings is 1. The Morgan fingerprint density at radius 3 is 2.73 bits per heavy atom. The van der Waals surface area contributed by atoms with Crippen molar-refractivity contribution < 1.29 is 9.13 Å². The molecular formula is C8H6FNO. The summed E-state index contributed by atoms with van der Waals surface area (Å²) in [5.41, 5.74) is 0.215. The van der Waals surface area contributed by atoms with Crippen molar-refractivity contribution in [2.45, 2.75) is 0 Å². The Kier molecular flexibility index (Phi) is 2.07. The second-order valence-electron chi connectivity index (χ2n) is 1.93. The van der Waals surface area contributed by atoms with Gasteiger partial charge in [-0.3, -0.25) is 0 Å². The van der Waals surface area contributed by atoms with Gasteiger partial charge in [-0.1, -0.05) is 6.07 Å². The Labute approximate surface area is 63.8 Å². The summed E-state index contributed by atoms with van der Waals surface area (Å²) in [4.78, 5) is 0. The first-order chi connectivity index (χ1) is 5.29. The second kappa shape index (κ2) is 3.02. The van der Waals surface area contributed by atoms with Crippen LogP contribution in [-0.2, 0) is 0 Å². The minimum atomic E-state index is -0.508. The Bertz CT molecular complexity index is 303. The monoisotopic (exact) mass is 151 g/mol. The minimum absolute atomic E-state index is 0.00926. The molecule has 56 valence electrons. The van der Waals surface area contributed by atoms with E-state index in [0.29, 0.717) is 0 Å². The van der Waals surface area contributed by atoms with Crippen molar-refractivity contribution in [3.05, 3.63) is 29.6 Å². The smallest absolute Gasteiger partial charge is 0.172 e. The van der Waals surface area contributed by atoms with Crippen LogP contribution < -0.4 is 4.74 Å². The summed E-state index contributed by atoms with van der Waals surface area (Å²) in [5.74, 6) is -0.499. The van der Waals surface area contributed by atoms with E-state index in [1.165, 1.54) is 25.3 Å². The summed E-state index contributed by atoms with van der Waals surface area (Å²) in [6.45, 7) is 0. The summed E-state index contributed by atoms with van der Waals surface area (Å²) in [6.07, 6.45) is 0. The van der Waals surface area contributed by atoms with Crippen molar-refractivity contribution in [1.82, 2.24) is 0 Å². The third-order valence-corrected chi connectivity index (χ3v) is 1.29. The molecule has 0 fully saturated rings. The molecule has 0 N–H and O–H groups in total. The van der Waals surface area contributed by atoms with E-state index in [9.17, 15) is 4.39 Å². The highest BCUT2D eigenvalue weighted by atomic mass is 19.1. The molecule has 0 amide bonds. The number of methoxy groups -OCH3 is 1. The van der Waals surface area contributed by atoms with E-state index in [-0.39, 0.29) is 11.3 Å². The van der Waals surface area contributed by atoms with Gasteiger partial charge in [-0.25, -0.2) is 4.39 Å². The average Bonchev–Trinajstić information content (AvgIpc) is 2.04. The summed E-state index contributed by atoms with van der Waals surface area (Å²) in [6, 6.07) is 6.04. The van der Waals surface area contributed by atoms with E-state index in [1.54, 1.807) is 0 Å². The van der Waals surface area contributed by atoms with Gasteiger partial charge in [0.1, 0.15) is 6.07 Å². The standard InChI is InChI=1S/C8H6FNO/c1-11-8-6(5-10)3-2-4-7(8)9/h2-4H,1H3. The van der Waals surface area contributed by atoms with Gasteiger partial charge in [0, 0.05) is 0 Å². The third kappa shape index (κ3) is 1.30. The maximum Gasteiger partial charge on any atom is 0.172 e. The zero-order valence-electron chi connectivity index (χ0n) is 5.97. The first-order valence-corrected chi connectivity index (χ1v) is 3.02. The number of ether oxygens (including phenoxy) is 1. The van der Waals surface area contributed by atoms with Gasteiger partial charge in [-0.2, -0.15) is 5.26 Å². The molecule has 0 aromatic heterocycles. The second-order valence-corrected chi connectivity index (χ2v) is 1.93. The van der Waals surface area contributed by atoms with E-state index >= 15 is 0 Å². The molecule has 2 nitrogen and oxygen atoms in total. The number of rotatable bonds is 1. The van der Waals surface area contributed by atoms with Gasteiger partial charge < -0.3 is 4.74 Å². The van der Waals surface area contributed by atoms with Crippen molar-refractivity contribution in [3.63, 3.8) is 0 Å². The topological polar surface area (TPSA) is 33.0 Å². The molecule has 0 atom stereocenters. The highest BCUT2D eigenvalue weighted by Gasteiger charge is 2.06. The number of para-hydroxylation sites is 1. The SMILES string of the molecule is COc1c(F)cccc1C#N. The molecule has 0 radical (unpaired) electrons. The molecule has 1 rings (SSSR count). The first kappa shape index (κ1) is 7.55. The van der Waals surface area contributed by atoms with Crippen molar-refractivity contribution in [3.8, 4) is 11.8 Å². The summed E-state index contributed by atoms with van der Waals surface area (Å²) in [7, 11) is 1.33. The number of hydrogen-bond donors (Lipinski definition) is 0. The third-order valence-electron chi connectivity index (χ3n) is 1.29. The lowest BCUT2D eigenvalue weighted by molar-refractivity contribution is 0.385. The van der Waals surface area contributed by atoms with Gasteiger partial charge in [-0.05, 0) is 12.1 Å². The van der Waals surface area contributed by atoms with Crippen molar-refractivity contribution in [2.24, 2.45) is 0 Å². The Balaban J connectivity index is 3.27. The summed E-state index contributed by atoms with van der Waals surface area (Å²) in [5, 5.41) is 8.48. The number of nitriles is 1. The van der Waals surface area contributed by atoms with E-state index in [0.717, 1.165) is 0 Å². The Morgan fingerprint density at radius 1 is 1.55 bits per heavy atom. The molecule has 3 heteroatoms. The minimum Gasteiger partial charge on any atom is -0.492 e. The lowest BCUT2D eigenvalue weighted by Gasteiger charge is -2.01. The van der Waals surface area contributed by atoms with Crippen LogP contribution in [0.1, 0.15) is 5.56 Å². The molecule has 11 heavy (non-hydrogen) atoms. The fraction of sp³-hybridized carbons (Fsp3) is 0.125. The van der Waals surface area contributed by atoms with Crippen molar-refractivity contribution in [2.75, 3.05) is 7.11 Å². The van der Waals surface area contributed by atoms with Gasteiger partial charge >= 0.3 is 0 Å². The van der Waals surface area contributed by atoms with Gasteiger partial charge in [0.2, 0.25) is 0 Å². The van der Waals surface area contributed by atoms with Crippen LogP contribution in [0.3, 0.4) is 0 Å². The largest absolute Gasteiger partial charge is 0.492 e. The predicted molar refractivity (Wildman–Crippen MR) is 37.7 cm³/mol. The van der Waals surface area contributed by atoms with Crippen molar-refractivity contribution in [1.29, 1.82) is 5.26 Å². The van der Waals surface area contributed by atoms with E-state index in [1.807, 2.05) is 6.07 Å². The van der Waals surface area contributed by atoms with Crippen LogP contribution in [0.2, 0.25) is 0 Å². The highest BCUT2D eigenvalue weighted by Crippen LogP contribution is 2.20. The predicted octanol–water partition coefficient (Wildman–Crippen LogP) is 1.71. The lowest BCUT2D eigenvalue weighted by atomic mass is 10.2. The van der Waals surface area contributed by atoms with Crippen LogP contribution in [0.5, 0.6) is 5.75 Å². The van der Waals surface area contributed by atoms with Gasteiger partial charge in [0.15, 0.2) is 11.6 Å². The zero-order chi connectivity index (χ0) is 8.27. The Hall–Kier alpha value is -1.56. The van der Waals surface area contributed by atoms with Crippen LogP contribution in [0.25, 0.3) is 0 Å². The van der Waals surface area contributed by atoms with Crippen molar-refractivity contribution >= 4 is 0 Å².